The van der Waals surface area contributed by atoms with Crippen molar-refractivity contribution < 1.29 is 19.2 Å². The summed E-state index contributed by atoms with van der Waals surface area (Å²) in [5, 5.41) is 20.0. The molecule has 0 spiro atoms. The molecule has 1 aromatic carbocycles. The Morgan fingerprint density at radius 1 is 1.43 bits per heavy atom. The minimum Gasteiger partial charge on any atom is -0.423 e. The molecule has 72 valence electrons. The van der Waals surface area contributed by atoms with Gasteiger partial charge in [-0.05, 0) is 17.1 Å². The second kappa shape index (κ2) is 3.07. The molecule has 0 saturated heterocycles. The fourth-order valence-corrected chi connectivity index (χ4v) is 1.47. The van der Waals surface area contributed by atoms with E-state index >= 15 is 0 Å². The lowest BCUT2D eigenvalue weighted by Gasteiger charge is -2.04. The number of amides is 1. The predicted molar refractivity (Wildman–Crippen MR) is 48.6 cm³/mol. The van der Waals surface area contributed by atoms with Crippen LogP contribution >= 0.6 is 0 Å². The fourth-order valence-electron chi connectivity index (χ4n) is 1.47. The Hall–Kier alpha value is -1.40. The molecule has 0 radical (unpaired) electrons. The van der Waals surface area contributed by atoms with Crippen LogP contribution < -0.4 is 10.8 Å². The van der Waals surface area contributed by atoms with Gasteiger partial charge in [-0.15, -0.1) is 0 Å². The Kier molecular flexibility index (Phi) is 2.01. The largest absolute Gasteiger partial charge is 0.488 e. The molecule has 1 amide bonds. The number of nitrogens with one attached hydrogen (secondary N) is 1. The highest BCUT2D eigenvalue weighted by Gasteiger charge is 2.24. The topological polar surface area (TPSA) is 69.6 Å². The van der Waals surface area contributed by atoms with Gasteiger partial charge in [0.05, 0.1) is 12.1 Å². The summed E-state index contributed by atoms with van der Waals surface area (Å²) >= 11 is 0. The van der Waals surface area contributed by atoms with E-state index < -0.39 is 12.9 Å². The zero-order valence-electron chi connectivity index (χ0n) is 7.12. The number of hydrogen-bond donors (Lipinski definition) is 3. The summed E-state index contributed by atoms with van der Waals surface area (Å²) in [5.41, 5.74) is 0.648. The number of benzene rings is 1. The first-order valence-electron chi connectivity index (χ1n) is 4.06. The average molecular weight is 195 g/mol. The molecule has 0 aliphatic carbocycles. The van der Waals surface area contributed by atoms with E-state index in [1.54, 1.807) is 0 Å². The minimum absolute atomic E-state index is 0.0535. The molecule has 1 aliphatic rings. The average Bonchev–Trinajstić information content (AvgIpc) is 2.45. The summed E-state index contributed by atoms with van der Waals surface area (Å²) < 4.78 is 13.2. The Morgan fingerprint density at radius 2 is 2.14 bits per heavy atom. The molecule has 2 rings (SSSR count). The van der Waals surface area contributed by atoms with Crippen LogP contribution in [0.2, 0.25) is 0 Å². The molecule has 0 bridgehead atoms. The van der Waals surface area contributed by atoms with Crippen LogP contribution in [0.1, 0.15) is 5.56 Å². The quantitative estimate of drug-likeness (QED) is 0.503. The van der Waals surface area contributed by atoms with Crippen LogP contribution in [0.15, 0.2) is 12.1 Å². The molecule has 1 heterocycles. The highest BCUT2D eigenvalue weighted by Crippen LogP contribution is 2.24. The van der Waals surface area contributed by atoms with Crippen molar-refractivity contribution in [2.24, 2.45) is 0 Å². The summed E-state index contributed by atoms with van der Waals surface area (Å²) in [5.74, 6) is -0.931. The van der Waals surface area contributed by atoms with Crippen molar-refractivity contribution in [3.8, 4) is 0 Å². The molecule has 1 aromatic rings. The third-order valence-electron chi connectivity index (χ3n) is 2.11. The van der Waals surface area contributed by atoms with Crippen molar-refractivity contribution in [2.75, 3.05) is 5.32 Å². The fraction of sp³-hybridized carbons (Fsp3) is 0.125. The second-order valence-electron chi connectivity index (χ2n) is 3.14. The van der Waals surface area contributed by atoms with E-state index in [9.17, 15) is 9.18 Å². The molecule has 3 N–H and O–H groups in total. The second-order valence-corrected chi connectivity index (χ2v) is 3.14. The maximum absolute atomic E-state index is 13.2. The van der Waals surface area contributed by atoms with Crippen LogP contribution in [0.3, 0.4) is 0 Å². The first-order chi connectivity index (χ1) is 6.58. The Morgan fingerprint density at radius 3 is 2.79 bits per heavy atom. The van der Waals surface area contributed by atoms with E-state index in [2.05, 4.69) is 5.32 Å². The van der Waals surface area contributed by atoms with Crippen LogP contribution in [0, 0.1) is 5.82 Å². The van der Waals surface area contributed by atoms with Gasteiger partial charge < -0.3 is 15.4 Å². The first kappa shape index (κ1) is 9.17. The number of halogens is 1. The first-order valence-corrected chi connectivity index (χ1v) is 4.06. The number of fused-ring (bicyclic) bond motifs is 1. The summed E-state index contributed by atoms with van der Waals surface area (Å²) in [6, 6.07) is 2.40. The number of carbonyl (C=O) groups is 1. The van der Waals surface area contributed by atoms with Gasteiger partial charge in [0.15, 0.2) is 0 Å². The van der Waals surface area contributed by atoms with Gasteiger partial charge in [-0.3, -0.25) is 4.79 Å². The van der Waals surface area contributed by atoms with E-state index in [0.717, 1.165) is 6.07 Å². The molecule has 0 aromatic heterocycles. The van der Waals surface area contributed by atoms with Gasteiger partial charge in [-0.1, -0.05) is 6.07 Å². The van der Waals surface area contributed by atoms with Gasteiger partial charge in [0.2, 0.25) is 5.91 Å². The molecular formula is C8H7BFNO3. The van der Waals surface area contributed by atoms with Crippen LogP contribution in [0.4, 0.5) is 10.1 Å². The SMILES string of the molecule is O=C1Cc2cc(B(O)O)cc(F)c2N1. The summed E-state index contributed by atoms with van der Waals surface area (Å²) in [4.78, 5) is 10.9. The lowest BCUT2D eigenvalue weighted by atomic mass is 9.79. The Labute approximate surface area is 79.5 Å². The van der Waals surface area contributed by atoms with Crippen LogP contribution in [-0.2, 0) is 11.2 Å². The van der Waals surface area contributed by atoms with Crippen molar-refractivity contribution >= 4 is 24.2 Å². The monoisotopic (exact) mass is 195 g/mol. The van der Waals surface area contributed by atoms with Crippen LogP contribution in [0.25, 0.3) is 0 Å². The van der Waals surface area contributed by atoms with Gasteiger partial charge in [0, 0.05) is 0 Å². The molecular weight excluding hydrogens is 188 g/mol. The molecule has 0 atom stereocenters. The molecule has 6 heteroatoms. The van der Waals surface area contributed by atoms with Crippen molar-refractivity contribution in [1.29, 1.82) is 0 Å². The van der Waals surface area contributed by atoms with Crippen molar-refractivity contribution in [1.82, 2.24) is 0 Å². The van der Waals surface area contributed by atoms with E-state index in [1.165, 1.54) is 6.07 Å². The summed E-state index contributed by atoms with van der Waals surface area (Å²) in [6.07, 6.45) is 0.0762. The number of hydrogen-bond acceptors (Lipinski definition) is 3. The summed E-state index contributed by atoms with van der Waals surface area (Å²) in [7, 11) is -1.72. The zero-order chi connectivity index (χ0) is 10.3. The van der Waals surface area contributed by atoms with Gasteiger partial charge in [-0.2, -0.15) is 0 Å². The maximum Gasteiger partial charge on any atom is 0.488 e. The van der Waals surface area contributed by atoms with E-state index in [4.69, 9.17) is 10.0 Å². The molecule has 1 aliphatic heterocycles. The molecule has 14 heavy (non-hydrogen) atoms. The van der Waals surface area contributed by atoms with Crippen molar-refractivity contribution in [2.45, 2.75) is 6.42 Å². The zero-order valence-corrected chi connectivity index (χ0v) is 7.12. The normalized spacial score (nSPS) is 13.8. The van der Waals surface area contributed by atoms with Gasteiger partial charge in [-0.25, -0.2) is 4.39 Å². The van der Waals surface area contributed by atoms with Gasteiger partial charge in [0.1, 0.15) is 5.82 Å². The number of anilines is 1. The molecule has 0 fully saturated rings. The van der Waals surface area contributed by atoms with Crippen molar-refractivity contribution in [3.05, 3.63) is 23.5 Å². The third kappa shape index (κ3) is 1.38. The van der Waals surface area contributed by atoms with E-state index in [-0.39, 0.29) is 23.5 Å². The Balaban J connectivity index is 2.51. The van der Waals surface area contributed by atoms with Gasteiger partial charge in [0.25, 0.3) is 0 Å². The lowest BCUT2D eigenvalue weighted by molar-refractivity contribution is -0.115. The predicted octanol–water partition coefficient (Wildman–Crippen LogP) is -1.000. The van der Waals surface area contributed by atoms with Crippen molar-refractivity contribution in [3.63, 3.8) is 0 Å². The van der Waals surface area contributed by atoms with E-state index in [0.29, 0.717) is 5.56 Å². The molecule has 0 unspecified atom stereocenters. The minimum atomic E-state index is -1.72. The lowest BCUT2D eigenvalue weighted by Crippen LogP contribution is -2.30. The third-order valence-corrected chi connectivity index (χ3v) is 2.11. The smallest absolute Gasteiger partial charge is 0.423 e. The molecule has 4 nitrogen and oxygen atoms in total. The highest BCUT2D eigenvalue weighted by atomic mass is 19.1. The standard InChI is InChI=1S/C8H7BFNO3/c10-6-3-5(9(13)14)1-4-2-7(12)11-8(4)6/h1,3,13-14H,2H2,(H,11,12). The van der Waals surface area contributed by atoms with Gasteiger partial charge >= 0.3 is 7.12 Å². The van der Waals surface area contributed by atoms with Crippen LogP contribution in [0.5, 0.6) is 0 Å². The molecule has 0 saturated carbocycles. The number of rotatable bonds is 1. The summed E-state index contributed by atoms with van der Waals surface area (Å²) in [6.45, 7) is 0. The highest BCUT2D eigenvalue weighted by molar-refractivity contribution is 6.58. The number of carbonyl (C=O) groups excluding carboxylic acids is 1. The van der Waals surface area contributed by atoms with E-state index in [1.807, 2.05) is 0 Å². The maximum atomic E-state index is 13.2. The Bertz CT molecular complexity index is 408. The van der Waals surface area contributed by atoms with Crippen LogP contribution in [-0.4, -0.2) is 23.1 Å².